The van der Waals surface area contributed by atoms with Crippen LogP contribution in [0.15, 0.2) is 0 Å². The third kappa shape index (κ3) is 5.70. The van der Waals surface area contributed by atoms with Crippen LogP contribution in [0.1, 0.15) is 47.0 Å². The SMILES string of the molecule is CCCCC(CCl)[Si](OCC)(OCC)OCC. The van der Waals surface area contributed by atoms with E-state index in [0.29, 0.717) is 25.7 Å². The normalized spacial score (nSPS) is 13.9. The van der Waals surface area contributed by atoms with Crippen molar-refractivity contribution in [2.45, 2.75) is 52.5 Å². The molecule has 0 heterocycles. The standard InChI is InChI=1S/C12H27ClO3Si/c1-5-9-10-12(11-13)17(14-6-2,15-7-3)16-8-4/h12H,5-11H2,1-4H3. The lowest BCUT2D eigenvalue weighted by Gasteiger charge is -2.34. The lowest BCUT2D eigenvalue weighted by atomic mass is 10.2. The number of hydrogen-bond acceptors (Lipinski definition) is 3. The Morgan fingerprint density at radius 2 is 1.41 bits per heavy atom. The summed E-state index contributed by atoms with van der Waals surface area (Å²) in [6, 6.07) is 0. The first-order valence-corrected chi connectivity index (χ1v) is 9.02. The van der Waals surface area contributed by atoms with Crippen molar-refractivity contribution in [1.82, 2.24) is 0 Å². The van der Waals surface area contributed by atoms with E-state index in [4.69, 9.17) is 24.9 Å². The Hall–Kier alpha value is 0.387. The number of hydrogen-bond donors (Lipinski definition) is 0. The Bertz CT molecular complexity index is 164. The molecule has 0 N–H and O–H groups in total. The summed E-state index contributed by atoms with van der Waals surface area (Å²) in [6.45, 7) is 9.96. The van der Waals surface area contributed by atoms with Gasteiger partial charge in [-0.15, -0.1) is 11.6 Å². The molecular formula is C12H27ClO3Si. The molecule has 0 saturated heterocycles. The van der Waals surface area contributed by atoms with Gasteiger partial charge in [-0.05, 0) is 27.2 Å². The second kappa shape index (κ2) is 10.3. The predicted molar refractivity (Wildman–Crippen MR) is 74.6 cm³/mol. The quantitative estimate of drug-likeness (QED) is 0.426. The van der Waals surface area contributed by atoms with Gasteiger partial charge in [-0.3, -0.25) is 0 Å². The molecule has 0 aliphatic heterocycles. The molecule has 1 atom stereocenters. The first-order chi connectivity index (χ1) is 8.20. The monoisotopic (exact) mass is 282 g/mol. The molecule has 0 rings (SSSR count). The van der Waals surface area contributed by atoms with E-state index in [1.165, 1.54) is 0 Å². The van der Waals surface area contributed by atoms with E-state index in [0.717, 1.165) is 19.3 Å². The molecule has 0 aromatic carbocycles. The smallest absolute Gasteiger partial charge is 0.374 e. The lowest BCUT2D eigenvalue weighted by molar-refractivity contribution is 0.0616. The minimum Gasteiger partial charge on any atom is -0.374 e. The maximum absolute atomic E-state index is 6.09. The van der Waals surface area contributed by atoms with E-state index in [-0.39, 0.29) is 5.54 Å². The molecule has 0 saturated carbocycles. The van der Waals surface area contributed by atoms with Crippen molar-refractivity contribution in [3.8, 4) is 0 Å². The molecule has 0 aliphatic carbocycles. The van der Waals surface area contributed by atoms with Crippen LogP contribution in [0.5, 0.6) is 0 Å². The van der Waals surface area contributed by atoms with Gasteiger partial charge in [0.2, 0.25) is 0 Å². The number of rotatable bonds is 11. The van der Waals surface area contributed by atoms with Crippen molar-refractivity contribution in [2.24, 2.45) is 0 Å². The summed E-state index contributed by atoms with van der Waals surface area (Å²) in [4.78, 5) is 0. The molecule has 0 aromatic rings. The van der Waals surface area contributed by atoms with Crippen molar-refractivity contribution in [3.63, 3.8) is 0 Å². The first-order valence-electron chi connectivity index (χ1n) is 6.68. The van der Waals surface area contributed by atoms with E-state index < -0.39 is 8.80 Å². The third-order valence-electron chi connectivity index (χ3n) is 2.63. The molecular weight excluding hydrogens is 256 g/mol. The summed E-state index contributed by atoms with van der Waals surface area (Å²) in [7, 11) is -2.59. The van der Waals surface area contributed by atoms with Crippen LogP contribution in [0.3, 0.4) is 0 Å². The Morgan fingerprint density at radius 1 is 0.941 bits per heavy atom. The van der Waals surface area contributed by atoms with Crippen LogP contribution in [0.25, 0.3) is 0 Å². The molecule has 0 aromatic heterocycles. The summed E-state index contributed by atoms with van der Waals surface area (Å²) < 4.78 is 17.6. The number of unbranched alkanes of at least 4 members (excludes halogenated alkanes) is 1. The zero-order valence-electron chi connectivity index (χ0n) is 11.6. The predicted octanol–water partition coefficient (Wildman–Crippen LogP) is 3.83. The van der Waals surface area contributed by atoms with Crippen LogP contribution < -0.4 is 0 Å². The van der Waals surface area contributed by atoms with Gasteiger partial charge in [-0.1, -0.05) is 19.8 Å². The van der Waals surface area contributed by atoms with Gasteiger partial charge in [0.15, 0.2) is 0 Å². The van der Waals surface area contributed by atoms with Gasteiger partial charge in [0.1, 0.15) is 0 Å². The summed E-state index contributed by atoms with van der Waals surface area (Å²) in [5, 5.41) is 0. The molecule has 0 fully saturated rings. The van der Waals surface area contributed by atoms with E-state index in [2.05, 4.69) is 6.92 Å². The Labute approximate surface area is 112 Å². The maximum Gasteiger partial charge on any atom is 0.505 e. The average molecular weight is 283 g/mol. The van der Waals surface area contributed by atoms with Crippen molar-refractivity contribution >= 4 is 20.4 Å². The highest BCUT2D eigenvalue weighted by Gasteiger charge is 2.48. The topological polar surface area (TPSA) is 27.7 Å². The fourth-order valence-electron chi connectivity index (χ4n) is 1.88. The van der Waals surface area contributed by atoms with Crippen LogP contribution in [0.4, 0.5) is 0 Å². The van der Waals surface area contributed by atoms with E-state index in [1.54, 1.807) is 0 Å². The fraction of sp³-hybridized carbons (Fsp3) is 1.00. The summed E-state index contributed by atoms with van der Waals surface area (Å²) in [6.07, 6.45) is 3.31. The molecule has 104 valence electrons. The molecule has 0 aliphatic rings. The van der Waals surface area contributed by atoms with Crippen LogP contribution in [0, 0.1) is 0 Å². The molecule has 1 unspecified atom stereocenters. The van der Waals surface area contributed by atoms with Crippen molar-refractivity contribution < 1.29 is 13.3 Å². The molecule has 0 radical (unpaired) electrons. The molecule has 3 nitrogen and oxygen atoms in total. The number of alkyl halides is 1. The van der Waals surface area contributed by atoms with E-state index in [9.17, 15) is 0 Å². The highest BCUT2D eigenvalue weighted by atomic mass is 35.5. The summed E-state index contributed by atoms with van der Waals surface area (Å²) in [5.74, 6) is 0.548. The highest BCUT2D eigenvalue weighted by molar-refractivity contribution is 6.63. The average Bonchev–Trinajstić information content (AvgIpc) is 2.31. The van der Waals surface area contributed by atoms with E-state index in [1.807, 2.05) is 20.8 Å². The Kier molecular flexibility index (Phi) is 10.6. The molecule has 5 heteroatoms. The Balaban J connectivity index is 4.76. The third-order valence-corrected chi connectivity index (χ3v) is 6.83. The van der Waals surface area contributed by atoms with Gasteiger partial charge in [-0.2, -0.15) is 0 Å². The first kappa shape index (κ1) is 17.4. The largest absolute Gasteiger partial charge is 0.505 e. The van der Waals surface area contributed by atoms with Crippen LogP contribution in [-0.2, 0) is 13.3 Å². The minimum absolute atomic E-state index is 0.212. The summed E-state index contributed by atoms with van der Waals surface area (Å²) >= 11 is 6.09. The van der Waals surface area contributed by atoms with Gasteiger partial charge in [0, 0.05) is 31.2 Å². The zero-order chi connectivity index (χ0) is 13.1. The van der Waals surface area contributed by atoms with Gasteiger partial charge in [0.25, 0.3) is 0 Å². The minimum atomic E-state index is -2.59. The van der Waals surface area contributed by atoms with Gasteiger partial charge in [-0.25, -0.2) is 0 Å². The van der Waals surface area contributed by atoms with Crippen LogP contribution in [0.2, 0.25) is 5.54 Å². The zero-order valence-corrected chi connectivity index (χ0v) is 13.4. The molecule has 17 heavy (non-hydrogen) atoms. The van der Waals surface area contributed by atoms with Crippen molar-refractivity contribution in [3.05, 3.63) is 0 Å². The van der Waals surface area contributed by atoms with Crippen molar-refractivity contribution in [1.29, 1.82) is 0 Å². The number of halogens is 1. The Morgan fingerprint density at radius 3 is 1.71 bits per heavy atom. The molecule has 0 spiro atoms. The molecule has 0 bridgehead atoms. The van der Waals surface area contributed by atoms with Gasteiger partial charge in [0.05, 0.1) is 0 Å². The maximum atomic E-state index is 6.09. The van der Waals surface area contributed by atoms with Crippen molar-refractivity contribution in [2.75, 3.05) is 25.7 Å². The second-order valence-corrected chi connectivity index (χ2v) is 7.09. The summed E-state index contributed by atoms with van der Waals surface area (Å²) in [5.41, 5.74) is 0.212. The van der Waals surface area contributed by atoms with Crippen LogP contribution >= 0.6 is 11.6 Å². The van der Waals surface area contributed by atoms with E-state index >= 15 is 0 Å². The van der Waals surface area contributed by atoms with Gasteiger partial charge >= 0.3 is 8.80 Å². The second-order valence-electron chi connectivity index (χ2n) is 3.90. The lowest BCUT2D eigenvalue weighted by Crippen LogP contribution is -2.51. The molecule has 0 amide bonds. The highest BCUT2D eigenvalue weighted by Crippen LogP contribution is 2.32. The fourth-order valence-corrected chi connectivity index (χ4v) is 5.51. The van der Waals surface area contributed by atoms with Crippen LogP contribution in [-0.4, -0.2) is 34.5 Å². The van der Waals surface area contributed by atoms with Gasteiger partial charge < -0.3 is 13.3 Å².